The molecular formula is C28H34O4. The lowest BCUT2D eigenvalue weighted by Crippen LogP contribution is -2.36. The molecular weight excluding hydrogens is 400 g/mol. The van der Waals surface area contributed by atoms with Crippen molar-refractivity contribution in [3.63, 3.8) is 0 Å². The van der Waals surface area contributed by atoms with Crippen molar-refractivity contribution in [1.29, 1.82) is 0 Å². The Morgan fingerprint density at radius 2 is 1.97 bits per heavy atom. The molecule has 170 valence electrons. The van der Waals surface area contributed by atoms with E-state index in [9.17, 15) is 4.79 Å². The Kier molecular flexibility index (Phi) is 7.19. The van der Waals surface area contributed by atoms with Crippen molar-refractivity contribution in [2.45, 2.75) is 65.4 Å². The number of carbonyl (C=O) groups excluding carboxylic acids is 1. The van der Waals surface area contributed by atoms with E-state index >= 15 is 0 Å². The molecule has 2 aliphatic rings. The van der Waals surface area contributed by atoms with E-state index < -0.39 is 0 Å². The largest absolute Gasteiger partial charge is 0.493 e. The summed E-state index contributed by atoms with van der Waals surface area (Å²) in [4.78, 5) is 12.3. The van der Waals surface area contributed by atoms with Crippen molar-refractivity contribution >= 4 is 12.0 Å². The summed E-state index contributed by atoms with van der Waals surface area (Å²) in [7, 11) is 3.38. The van der Waals surface area contributed by atoms with Gasteiger partial charge in [-0.2, -0.15) is 0 Å². The molecule has 32 heavy (non-hydrogen) atoms. The van der Waals surface area contributed by atoms with E-state index in [1.807, 2.05) is 12.2 Å². The van der Waals surface area contributed by atoms with Gasteiger partial charge in [-0.25, -0.2) is 0 Å². The van der Waals surface area contributed by atoms with Crippen LogP contribution in [0.4, 0.5) is 0 Å². The first kappa shape index (κ1) is 23.7. The first-order valence-electron chi connectivity index (χ1n) is 11.3. The minimum absolute atomic E-state index is 0.208. The fraction of sp³-hybridized carbons (Fsp3) is 0.464. The van der Waals surface area contributed by atoms with E-state index in [-0.39, 0.29) is 17.5 Å². The van der Waals surface area contributed by atoms with E-state index in [1.165, 1.54) is 11.1 Å². The minimum atomic E-state index is -0.359. The van der Waals surface area contributed by atoms with Gasteiger partial charge in [0.1, 0.15) is 6.10 Å². The highest BCUT2D eigenvalue weighted by Crippen LogP contribution is 2.47. The van der Waals surface area contributed by atoms with Gasteiger partial charge in [0, 0.05) is 29.4 Å². The first-order chi connectivity index (χ1) is 15.2. The number of ether oxygens (including phenoxy) is 3. The van der Waals surface area contributed by atoms with E-state index in [1.54, 1.807) is 14.2 Å². The molecule has 1 aromatic carbocycles. The van der Waals surface area contributed by atoms with Crippen LogP contribution in [0.3, 0.4) is 0 Å². The number of benzene rings is 1. The van der Waals surface area contributed by atoms with Gasteiger partial charge < -0.3 is 14.2 Å². The van der Waals surface area contributed by atoms with Crippen LogP contribution >= 0.6 is 0 Å². The van der Waals surface area contributed by atoms with Gasteiger partial charge in [0.15, 0.2) is 11.5 Å². The Labute approximate surface area is 192 Å². The van der Waals surface area contributed by atoms with E-state index in [0.717, 1.165) is 34.6 Å². The molecule has 0 spiro atoms. The summed E-state index contributed by atoms with van der Waals surface area (Å²) in [6, 6.07) is 2.23. The van der Waals surface area contributed by atoms with Gasteiger partial charge in [0.05, 0.1) is 14.2 Å². The monoisotopic (exact) mass is 434 g/mol. The maximum absolute atomic E-state index is 12.3. The Hall–Kier alpha value is -2.93. The zero-order valence-corrected chi connectivity index (χ0v) is 20.1. The number of unbranched alkanes of at least 4 members (excludes halogenated alkanes) is 1. The summed E-state index contributed by atoms with van der Waals surface area (Å²) < 4.78 is 17.4. The molecule has 1 atom stereocenters. The van der Waals surface area contributed by atoms with Crippen LogP contribution in [0.15, 0.2) is 35.4 Å². The molecule has 1 unspecified atom stereocenters. The Morgan fingerprint density at radius 3 is 2.59 bits per heavy atom. The maximum Gasteiger partial charge on any atom is 0.306 e. The average Bonchev–Trinajstić information content (AvgIpc) is 2.94. The van der Waals surface area contributed by atoms with Crippen molar-refractivity contribution in [1.82, 2.24) is 0 Å². The van der Waals surface area contributed by atoms with Crippen LogP contribution in [0, 0.1) is 17.8 Å². The van der Waals surface area contributed by atoms with Crippen molar-refractivity contribution in [2.75, 3.05) is 14.2 Å². The van der Waals surface area contributed by atoms with Crippen LogP contribution in [-0.2, 0) is 16.0 Å². The lowest BCUT2D eigenvalue weighted by molar-refractivity contribution is -0.150. The molecule has 0 aliphatic heterocycles. The number of esters is 1. The number of fused-ring (bicyclic) bond motifs is 2. The van der Waals surface area contributed by atoms with Crippen molar-refractivity contribution in [2.24, 2.45) is 5.41 Å². The molecule has 0 saturated carbocycles. The molecule has 0 saturated heterocycles. The van der Waals surface area contributed by atoms with Crippen LogP contribution in [0.25, 0.3) is 6.08 Å². The van der Waals surface area contributed by atoms with Crippen LogP contribution in [-0.4, -0.2) is 26.3 Å². The quantitative estimate of drug-likeness (QED) is 0.300. The average molecular weight is 435 g/mol. The zero-order chi connectivity index (χ0) is 23.5. The number of allylic oxidation sites excluding steroid dienone is 3. The molecule has 0 amide bonds. The third kappa shape index (κ3) is 4.48. The van der Waals surface area contributed by atoms with Crippen LogP contribution in [0.5, 0.6) is 11.5 Å². The Balaban J connectivity index is 2.00. The van der Waals surface area contributed by atoms with E-state index in [2.05, 4.69) is 51.8 Å². The van der Waals surface area contributed by atoms with E-state index in [0.29, 0.717) is 25.2 Å². The lowest BCUT2D eigenvalue weighted by atomic mass is 9.71. The highest BCUT2D eigenvalue weighted by atomic mass is 16.5. The standard InChI is InChI=1S/C28H34O4/c1-8-9-10-11-25(29)32-24-15-13-20-17-22-19(12-14-23(20)28(24,4)5)16-21(18(2)3)26(30-6)27(22)31-7/h1,13-18,24H,9-12H2,2-7H3. The Morgan fingerprint density at radius 1 is 1.25 bits per heavy atom. The predicted molar refractivity (Wildman–Crippen MR) is 129 cm³/mol. The second-order valence-corrected chi connectivity index (χ2v) is 9.23. The summed E-state index contributed by atoms with van der Waals surface area (Å²) >= 11 is 0. The first-order valence-corrected chi connectivity index (χ1v) is 11.3. The SMILES string of the molecule is C#CCCCC(=O)OC1C=CC2=Cc3c(cc(C(C)C)c(OC)c3OC)CC=C2C1(C)C. The molecule has 0 aromatic heterocycles. The molecule has 0 heterocycles. The van der Waals surface area contributed by atoms with Gasteiger partial charge in [-0.3, -0.25) is 4.79 Å². The van der Waals surface area contributed by atoms with Crippen molar-refractivity contribution < 1.29 is 19.0 Å². The van der Waals surface area contributed by atoms with Crippen molar-refractivity contribution in [3.05, 3.63) is 52.1 Å². The molecule has 4 heteroatoms. The van der Waals surface area contributed by atoms with Gasteiger partial charge in [-0.15, -0.1) is 12.3 Å². The molecule has 0 fully saturated rings. The number of methoxy groups -OCH3 is 2. The van der Waals surface area contributed by atoms with Crippen LogP contribution < -0.4 is 9.47 Å². The van der Waals surface area contributed by atoms with E-state index in [4.69, 9.17) is 20.6 Å². The second kappa shape index (κ2) is 9.69. The number of hydrogen-bond donors (Lipinski definition) is 0. The van der Waals surface area contributed by atoms with Gasteiger partial charge in [-0.05, 0) is 47.6 Å². The third-order valence-electron chi connectivity index (χ3n) is 6.37. The molecule has 0 radical (unpaired) electrons. The summed E-state index contributed by atoms with van der Waals surface area (Å²) in [6.07, 6.45) is 15.8. The number of carbonyl (C=O) groups is 1. The van der Waals surface area contributed by atoms with Crippen LogP contribution in [0.2, 0.25) is 0 Å². The highest BCUT2D eigenvalue weighted by Gasteiger charge is 2.39. The summed E-state index contributed by atoms with van der Waals surface area (Å²) in [5, 5.41) is 0. The zero-order valence-electron chi connectivity index (χ0n) is 20.1. The summed E-state index contributed by atoms with van der Waals surface area (Å²) in [6.45, 7) is 8.57. The summed E-state index contributed by atoms with van der Waals surface area (Å²) in [5.74, 6) is 4.23. The fourth-order valence-electron chi connectivity index (χ4n) is 4.54. The fourth-order valence-corrected chi connectivity index (χ4v) is 4.54. The Bertz CT molecular complexity index is 1010. The minimum Gasteiger partial charge on any atom is -0.493 e. The second-order valence-electron chi connectivity index (χ2n) is 9.23. The van der Waals surface area contributed by atoms with Crippen molar-refractivity contribution in [3.8, 4) is 23.8 Å². The lowest BCUT2D eigenvalue weighted by Gasteiger charge is -2.38. The smallest absolute Gasteiger partial charge is 0.306 e. The van der Waals surface area contributed by atoms with Gasteiger partial charge in [0.2, 0.25) is 0 Å². The van der Waals surface area contributed by atoms with Gasteiger partial charge in [-0.1, -0.05) is 45.9 Å². The predicted octanol–water partition coefficient (Wildman–Crippen LogP) is 6.00. The normalized spacial score (nSPS) is 18.5. The highest BCUT2D eigenvalue weighted by molar-refractivity contribution is 5.76. The summed E-state index contributed by atoms with van der Waals surface area (Å²) in [5.41, 5.74) is 5.30. The topological polar surface area (TPSA) is 44.8 Å². The molecule has 0 bridgehead atoms. The number of hydrogen-bond acceptors (Lipinski definition) is 4. The van der Waals surface area contributed by atoms with Gasteiger partial charge >= 0.3 is 5.97 Å². The van der Waals surface area contributed by atoms with Crippen LogP contribution in [0.1, 0.15) is 69.6 Å². The molecule has 0 N–H and O–H groups in total. The third-order valence-corrected chi connectivity index (χ3v) is 6.37. The van der Waals surface area contributed by atoms with Gasteiger partial charge in [0.25, 0.3) is 0 Å². The maximum atomic E-state index is 12.3. The molecule has 3 rings (SSSR count). The molecule has 2 aliphatic carbocycles. The molecule has 4 nitrogen and oxygen atoms in total. The molecule has 1 aromatic rings. The number of terminal acetylenes is 1. The number of rotatable bonds is 7.